The predicted molar refractivity (Wildman–Crippen MR) is 48.3 cm³/mol. The Labute approximate surface area is 77.2 Å². The maximum atomic E-state index is 5.49. The topological polar surface area (TPSA) is 27.7 Å². The van der Waals surface area contributed by atoms with Crippen LogP contribution in [-0.2, 0) is 0 Å². The number of methoxy groups -OCH3 is 1. The fraction of sp³-hybridized carbons (Fsp3) is 0.300. The highest BCUT2D eigenvalue weighted by Crippen LogP contribution is 2.39. The summed E-state index contributed by atoms with van der Waals surface area (Å²) >= 11 is 0. The number of benzene rings is 1. The third-order valence-electron chi connectivity index (χ3n) is 1.87. The quantitative estimate of drug-likeness (QED) is 0.656. The number of ether oxygens (including phenoxy) is 3. The third-order valence-corrected chi connectivity index (χ3v) is 1.87. The molecule has 0 bridgehead atoms. The number of fused-ring (bicyclic) bond motifs is 1. The molecular weight excluding hydrogens is 168 g/mol. The SMILES string of the molecule is [CH2]C1COc2cccc(OC)c2O1. The van der Waals surface area contributed by atoms with Crippen molar-refractivity contribution in [2.24, 2.45) is 0 Å². The summed E-state index contributed by atoms with van der Waals surface area (Å²) in [6.07, 6.45) is -0.163. The summed E-state index contributed by atoms with van der Waals surface area (Å²) in [4.78, 5) is 0. The van der Waals surface area contributed by atoms with Gasteiger partial charge in [0.2, 0.25) is 5.75 Å². The van der Waals surface area contributed by atoms with Crippen LogP contribution in [0.4, 0.5) is 0 Å². The minimum atomic E-state index is -0.163. The summed E-state index contributed by atoms with van der Waals surface area (Å²) in [5.41, 5.74) is 0. The first-order valence-electron chi connectivity index (χ1n) is 4.11. The third kappa shape index (κ3) is 1.41. The van der Waals surface area contributed by atoms with Gasteiger partial charge in [-0.1, -0.05) is 6.07 Å². The summed E-state index contributed by atoms with van der Waals surface area (Å²) in [5, 5.41) is 0. The van der Waals surface area contributed by atoms with E-state index >= 15 is 0 Å². The van der Waals surface area contributed by atoms with Crippen LogP contribution in [0.1, 0.15) is 0 Å². The molecule has 69 valence electrons. The van der Waals surface area contributed by atoms with Crippen molar-refractivity contribution >= 4 is 0 Å². The van der Waals surface area contributed by atoms with Crippen LogP contribution < -0.4 is 14.2 Å². The highest BCUT2D eigenvalue weighted by atomic mass is 16.6. The highest BCUT2D eigenvalue weighted by molar-refractivity contribution is 5.52. The van der Waals surface area contributed by atoms with Crippen molar-refractivity contribution in [3.8, 4) is 17.2 Å². The molecule has 3 heteroatoms. The highest BCUT2D eigenvalue weighted by Gasteiger charge is 2.20. The molecule has 1 atom stereocenters. The van der Waals surface area contributed by atoms with Gasteiger partial charge in [0.1, 0.15) is 12.7 Å². The molecule has 3 nitrogen and oxygen atoms in total. The summed E-state index contributed by atoms with van der Waals surface area (Å²) in [5.74, 6) is 2.06. The number of hydrogen-bond donors (Lipinski definition) is 0. The van der Waals surface area contributed by atoms with Crippen molar-refractivity contribution < 1.29 is 14.2 Å². The Hall–Kier alpha value is -1.38. The van der Waals surface area contributed by atoms with Crippen LogP contribution in [0.2, 0.25) is 0 Å². The normalized spacial score (nSPS) is 19.7. The first-order valence-corrected chi connectivity index (χ1v) is 4.11. The fourth-order valence-corrected chi connectivity index (χ4v) is 1.27. The first kappa shape index (κ1) is 8.23. The van der Waals surface area contributed by atoms with Crippen LogP contribution in [0, 0.1) is 6.92 Å². The number of rotatable bonds is 1. The Morgan fingerprint density at radius 1 is 1.54 bits per heavy atom. The zero-order valence-electron chi connectivity index (χ0n) is 7.45. The lowest BCUT2D eigenvalue weighted by molar-refractivity contribution is 0.116. The Morgan fingerprint density at radius 2 is 2.38 bits per heavy atom. The fourth-order valence-electron chi connectivity index (χ4n) is 1.27. The minimum Gasteiger partial charge on any atom is -0.493 e. The van der Waals surface area contributed by atoms with Gasteiger partial charge in [0.25, 0.3) is 0 Å². The summed E-state index contributed by atoms with van der Waals surface area (Å²) in [7, 11) is 1.60. The molecule has 0 spiro atoms. The molecule has 1 aromatic carbocycles. The van der Waals surface area contributed by atoms with Gasteiger partial charge in [-0.3, -0.25) is 0 Å². The predicted octanol–water partition coefficient (Wildman–Crippen LogP) is 1.67. The van der Waals surface area contributed by atoms with Crippen molar-refractivity contribution in [1.82, 2.24) is 0 Å². The van der Waals surface area contributed by atoms with Gasteiger partial charge in [0.15, 0.2) is 11.5 Å². The molecule has 0 aliphatic carbocycles. The standard InChI is InChI=1S/C10H11O3/c1-7-6-12-9-5-3-4-8(11-2)10(9)13-7/h3-5,7H,1,6H2,2H3. The average Bonchev–Trinajstić information content (AvgIpc) is 2.17. The minimum absolute atomic E-state index is 0.163. The molecule has 1 aliphatic rings. The van der Waals surface area contributed by atoms with E-state index in [0.29, 0.717) is 18.1 Å². The van der Waals surface area contributed by atoms with E-state index in [0.717, 1.165) is 5.75 Å². The molecule has 1 unspecified atom stereocenters. The van der Waals surface area contributed by atoms with E-state index in [1.54, 1.807) is 7.11 Å². The van der Waals surface area contributed by atoms with Gasteiger partial charge in [-0.2, -0.15) is 0 Å². The lowest BCUT2D eigenvalue weighted by atomic mass is 10.2. The molecule has 0 saturated carbocycles. The van der Waals surface area contributed by atoms with Crippen LogP contribution in [-0.4, -0.2) is 19.8 Å². The van der Waals surface area contributed by atoms with E-state index in [9.17, 15) is 0 Å². The van der Waals surface area contributed by atoms with E-state index < -0.39 is 0 Å². The maximum Gasteiger partial charge on any atom is 0.203 e. The molecular formula is C10H11O3. The van der Waals surface area contributed by atoms with Crippen molar-refractivity contribution in [1.29, 1.82) is 0 Å². The molecule has 0 saturated heterocycles. The molecule has 1 aliphatic heterocycles. The molecule has 0 amide bonds. The van der Waals surface area contributed by atoms with Gasteiger partial charge in [-0.15, -0.1) is 0 Å². The second kappa shape index (κ2) is 3.17. The molecule has 1 aromatic rings. The van der Waals surface area contributed by atoms with Crippen molar-refractivity contribution in [2.75, 3.05) is 13.7 Å². The Kier molecular flexibility index (Phi) is 2.00. The van der Waals surface area contributed by atoms with E-state index in [1.807, 2.05) is 18.2 Å². The molecule has 0 N–H and O–H groups in total. The smallest absolute Gasteiger partial charge is 0.203 e. The van der Waals surface area contributed by atoms with Gasteiger partial charge in [0, 0.05) is 0 Å². The van der Waals surface area contributed by atoms with Crippen LogP contribution in [0.5, 0.6) is 17.2 Å². The van der Waals surface area contributed by atoms with Crippen LogP contribution in [0.25, 0.3) is 0 Å². The second-order valence-electron chi connectivity index (χ2n) is 2.84. The zero-order valence-corrected chi connectivity index (χ0v) is 7.45. The molecule has 0 aromatic heterocycles. The molecule has 2 rings (SSSR count). The summed E-state index contributed by atoms with van der Waals surface area (Å²) in [6.45, 7) is 4.26. The van der Waals surface area contributed by atoms with Crippen molar-refractivity contribution in [3.05, 3.63) is 25.1 Å². The van der Waals surface area contributed by atoms with Crippen LogP contribution >= 0.6 is 0 Å². The maximum absolute atomic E-state index is 5.49. The van der Waals surface area contributed by atoms with Gasteiger partial charge in [-0.05, 0) is 19.1 Å². The Morgan fingerprint density at radius 3 is 3.15 bits per heavy atom. The van der Waals surface area contributed by atoms with Crippen LogP contribution in [0.3, 0.4) is 0 Å². The van der Waals surface area contributed by atoms with Gasteiger partial charge >= 0.3 is 0 Å². The van der Waals surface area contributed by atoms with E-state index in [2.05, 4.69) is 6.92 Å². The number of para-hydroxylation sites is 1. The lowest BCUT2D eigenvalue weighted by Crippen LogP contribution is -2.26. The average molecular weight is 179 g/mol. The van der Waals surface area contributed by atoms with Crippen molar-refractivity contribution in [2.45, 2.75) is 6.10 Å². The Bertz CT molecular complexity index is 295. The zero-order chi connectivity index (χ0) is 9.26. The van der Waals surface area contributed by atoms with Crippen LogP contribution in [0.15, 0.2) is 18.2 Å². The van der Waals surface area contributed by atoms with Gasteiger partial charge in [0.05, 0.1) is 7.11 Å². The first-order chi connectivity index (χ1) is 6.31. The van der Waals surface area contributed by atoms with Gasteiger partial charge < -0.3 is 14.2 Å². The van der Waals surface area contributed by atoms with Gasteiger partial charge in [-0.25, -0.2) is 0 Å². The van der Waals surface area contributed by atoms with E-state index in [4.69, 9.17) is 14.2 Å². The molecule has 1 heterocycles. The summed E-state index contributed by atoms with van der Waals surface area (Å²) < 4.78 is 16.0. The van der Waals surface area contributed by atoms with Crippen molar-refractivity contribution in [3.63, 3.8) is 0 Å². The lowest BCUT2D eigenvalue weighted by Gasteiger charge is -2.24. The molecule has 13 heavy (non-hydrogen) atoms. The largest absolute Gasteiger partial charge is 0.493 e. The monoisotopic (exact) mass is 179 g/mol. The Balaban J connectivity index is 2.41. The summed E-state index contributed by atoms with van der Waals surface area (Å²) in [6, 6.07) is 5.55. The van der Waals surface area contributed by atoms with E-state index in [-0.39, 0.29) is 6.10 Å². The molecule has 1 radical (unpaired) electrons. The second-order valence-corrected chi connectivity index (χ2v) is 2.84. The molecule has 0 fully saturated rings. The number of hydrogen-bond acceptors (Lipinski definition) is 3. The van der Waals surface area contributed by atoms with E-state index in [1.165, 1.54) is 0 Å².